The van der Waals surface area contributed by atoms with E-state index in [0.29, 0.717) is 0 Å². The highest BCUT2D eigenvalue weighted by atomic mass is 16.3. The molecule has 0 aliphatic heterocycles. The highest BCUT2D eigenvalue weighted by Crippen LogP contribution is 2.43. The number of benzene rings is 10. The Kier molecular flexibility index (Phi) is 13.9. The van der Waals surface area contributed by atoms with Crippen molar-refractivity contribution < 1.29 is 4.42 Å². The number of rotatable bonds is 3. The van der Waals surface area contributed by atoms with Gasteiger partial charge in [-0.05, 0) is 87.2 Å². The molecule has 81 heavy (non-hydrogen) atoms. The van der Waals surface area contributed by atoms with Gasteiger partial charge in [0.25, 0.3) is 0 Å². The van der Waals surface area contributed by atoms with E-state index in [1.807, 2.05) is 0 Å². The number of furan rings is 1. The second kappa shape index (κ2) is 19.4. The van der Waals surface area contributed by atoms with Crippen LogP contribution in [0.2, 0.25) is 0 Å². The second-order valence-corrected chi connectivity index (χ2v) is 26.3. The molecule has 11 aromatic rings. The van der Waals surface area contributed by atoms with Gasteiger partial charge in [0.05, 0.1) is 0 Å². The van der Waals surface area contributed by atoms with Gasteiger partial charge in [-0.3, -0.25) is 0 Å². The Morgan fingerprint density at radius 2 is 0.296 bits per heavy atom. The third kappa shape index (κ3) is 7.30. The molecule has 0 radical (unpaired) electrons. The summed E-state index contributed by atoms with van der Waals surface area (Å²) in [5.74, 6) is 0. The first-order valence-electron chi connectivity index (χ1n) is 30.2. The minimum atomic E-state index is 1.02. The lowest BCUT2D eigenvalue weighted by Crippen LogP contribution is -2.53. The van der Waals surface area contributed by atoms with E-state index in [-0.39, 0.29) is 0 Å². The molecular formula is C50H60B30O. The van der Waals surface area contributed by atoms with Crippen molar-refractivity contribution >= 4 is 475 Å². The van der Waals surface area contributed by atoms with Gasteiger partial charge in [-0.1, -0.05) is 109 Å². The van der Waals surface area contributed by atoms with Gasteiger partial charge in [0.1, 0.15) is 247 Å². The summed E-state index contributed by atoms with van der Waals surface area (Å²) in [6, 6.07) is 0. The van der Waals surface area contributed by atoms with Gasteiger partial charge in [-0.2, -0.15) is 0 Å². The Balaban J connectivity index is 1.44. The highest BCUT2D eigenvalue weighted by molar-refractivity contribution is 6.78. The van der Waals surface area contributed by atoms with Crippen LogP contribution >= 0.6 is 0 Å². The van der Waals surface area contributed by atoms with Crippen molar-refractivity contribution in [2.45, 2.75) is 0 Å². The van der Waals surface area contributed by atoms with E-state index < -0.39 is 0 Å². The maximum absolute atomic E-state index is 7.34. The van der Waals surface area contributed by atoms with Gasteiger partial charge in [0.2, 0.25) is 0 Å². The van der Waals surface area contributed by atoms with Crippen molar-refractivity contribution in [1.82, 2.24) is 0 Å². The van der Waals surface area contributed by atoms with E-state index in [9.17, 15) is 0 Å². The molecule has 0 unspecified atom stereocenters. The predicted molar refractivity (Wildman–Crippen MR) is 463 cm³/mol. The van der Waals surface area contributed by atoms with E-state index in [0.717, 1.165) is 11.2 Å². The van der Waals surface area contributed by atoms with Crippen LogP contribution in [0.1, 0.15) is 0 Å². The first kappa shape index (κ1) is 58.0. The maximum Gasteiger partial charge on any atom is 0.143 e. The molecule has 0 amide bonds. The smallest absolute Gasteiger partial charge is 0.143 e. The second-order valence-electron chi connectivity index (χ2n) is 26.3. The summed E-state index contributed by atoms with van der Waals surface area (Å²) >= 11 is 0. The minimum Gasteiger partial charge on any atom is -0.457 e. The van der Waals surface area contributed by atoms with Gasteiger partial charge >= 0.3 is 0 Å². The molecule has 0 saturated heterocycles. The molecule has 1 aromatic heterocycles. The zero-order valence-electron chi connectivity index (χ0n) is 55.4. The molecule has 0 atom stereocenters. The van der Waals surface area contributed by atoms with Gasteiger partial charge < -0.3 is 4.42 Å². The van der Waals surface area contributed by atoms with E-state index in [4.69, 9.17) is 4.42 Å². The Bertz CT molecular complexity index is 4850. The average Bonchev–Trinajstić information content (AvgIpc) is 4.10. The number of hydrogen-bond donors (Lipinski definition) is 0. The van der Waals surface area contributed by atoms with E-state index in [1.54, 1.807) is 0 Å². The van der Waals surface area contributed by atoms with Crippen LogP contribution in [-0.2, 0) is 0 Å². The topological polar surface area (TPSA) is 13.1 Å². The van der Waals surface area contributed by atoms with E-state index in [2.05, 4.69) is 235 Å². The fraction of sp³-hybridized carbons (Fsp3) is 0. The molecule has 0 spiro atoms. The van der Waals surface area contributed by atoms with Crippen LogP contribution < -0.4 is 164 Å². The molecule has 11 rings (SSSR count). The molecule has 0 N–H and O–H groups in total. The molecule has 10 aromatic carbocycles. The van der Waals surface area contributed by atoms with Crippen molar-refractivity contribution in [3.63, 3.8) is 0 Å². The van der Waals surface area contributed by atoms with Crippen LogP contribution in [-0.4, -0.2) is 235 Å². The van der Waals surface area contributed by atoms with Crippen LogP contribution in [0, 0.1) is 0 Å². The van der Waals surface area contributed by atoms with Crippen molar-refractivity contribution in [1.29, 1.82) is 0 Å². The maximum atomic E-state index is 7.34. The van der Waals surface area contributed by atoms with Crippen LogP contribution in [0.25, 0.3) is 109 Å². The van der Waals surface area contributed by atoms with Gasteiger partial charge in [-0.25, -0.2) is 0 Å². The van der Waals surface area contributed by atoms with Gasteiger partial charge in [0.15, 0.2) is 0 Å². The molecule has 356 valence electrons. The van der Waals surface area contributed by atoms with E-state index in [1.165, 1.54) is 262 Å². The fourth-order valence-corrected chi connectivity index (χ4v) is 16.5. The monoisotopic (exact) mass is 1010 g/mol. The van der Waals surface area contributed by atoms with Crippen LogP contribution in [0.3, 0.4) is 0 Å². The summed E-state index contributed by atoms with van der Waals surface area (Å²) in [7, 11) is 71.6. The molecular weight excluding hydrogens is 941 g/mol. The van der Waals surface area contributed by atoms with Crippen LogP contribution in [0.15, 0.2) is 4.42 Å². The standard InChI is InChI=1S/C50H60B30O/c51-19-14(30(62)31(63)17-16(19)33(65)45(77)46(78)34(17)66)10-9-8(27(59)41(73)42(74)28(9)60)5(21(53)22(10)54)1-3-6(25(57)39(71)37(69)23(3)55)2(7-4(1)24(56)38(70)40(72)26(7)58)13-20(52)18-12-11-15(32(64)44(76)43(75)29(11)61)36(68)47(79)49(12)81-50(18)48(80)35(13)67/h51-80H2. The molecule has 0 bridgehead atoms. The quantitative estimate of drug-likeness (QED) is 0.127. The Labute approximate surface area is 509 Å². The molecule has 1 heterocycles. The number of hydrogen-bond acceptors (Lipinski definition) is 1. The zero-order valence-corrected chi connectivity index (χ0v) is 55.4. The lowest BCUT2D eigenvalue weighted by Gasteiger charge is -2.33. The summed E-state index contributed by atoms with van der Waals surface area (Å²) in [5, 5.41) is 16.5. The highest BCUT2D eigenvalue weighted by Gasteiger charge is 2.33. The van der Waals surface area contributed by atoms with Crippen LogP contribution in [0.4, 0.5) is 0 Å². The lowest BCUT2D eigenvalue weighted by molar-refractivity contribution is 0.675. The fourth-order valence-electron chi connectivity index (χ4n) is 16.5. The number of fused-ring (bicyclic) bond motifs is 9. The van der Waals surface area contributed by atoms with Crippen molar-refractivity contribution in [2.75, 3.05) is 0 Å². The summed E-state index contributed by atoms with van der Waals surface area (Å²) < 4.78 is 7.34. The van der Waals surface area contributed by atoms with Crippen molar-refractivity contribution in [3.8, 4) is 33.4 Å². The van der Waals surface area contributed by atoms with Crippen LogP contribution in [0.5, 0.6) is 0 Å². The molecule has 0 fully saturated rings. The van der Waals surface area contributed by atoms with Crippen molar-refractivity contribution in [3.05, 3.63) is 0 Å². The Morgan fingerprint density at radius 3 is 0.667 bits per heavy atom. The summed E-state index contributed by atoms with van der Waals surface area (Å²) in [6.07, 6.45) is 0. The Morgan fingerprint density at radius 1 is 0.111 bits per heavy atom. The summed E-state index contributed by atoms with van der Waals surface area (Å²) in [6.45, 7) is 0. The largest absolute Gasteiger partial charge is 0.457 e. The summed E-state index contributed by atoms with van der Waals surface area (Å²) in [5.41, 5.74) is 51.4. The molecule has 0 saturated carbocycles. The SMILES string of the molecule is Bc1c(-c2c3c(B)c(B)c(B)c(B)c3c(-c3c(B)c(B)c(-c4c(B)c(B)c5c(B)c(B)c(B)c(B)c5c4B)c4c(B)c(B)c(B)c(B)c34)c3c(B)c(B)c(B)c(B)c23)c(B)c2c(oc3c(B)c(B)c4c(B)c(B)c(B)c(B)c4c32)c1B. The Hall–Kier alpha value is -4.75. The molecule has 31 heteroatoms. The molecule has 1 nitrogen and oxygen atoms in total. The molecule has 0 aliphatic rings. The normalized spacial score (nSPS) is 12.0. The predicted octanol–water partition coefficient (Wildman–Crippen LogP) is -37.9. The van der Waals surface area contributed by atoms with E-state index >= 15 is 0 Å². The van der Waals surface area contributed by atoms with Crippen molar-refractivity contribution in [2.24, 2.45) is 0 Å². The zero-order chi connectivity index (χ0) is 59.6. The van der Waals surface area contributed by atoms with Gasteiger partial charge in [0, 0.05) is 10.8 Å². The first-order valence-corrected chi connectivity index (χ1v) is 30.2. The molecule has 0 aliphatic carbocycles. The third-order valence-corrected chi connectivity index (χ3v) is 23.5. The lowest BCUT2D eigenvalue weighted by atomic mass is 9.55. The summed E-state index contributed by atoms with van der Waals surface area (Å²) in [4.78, 5) is 0. The average molecular weight is 1000 g/mol. The first-order chi connectivity index (χ1) is 37.8. The third-order valence-electron chi connectivity index (χ3n) is 23.5. The minimum absolute atomic E-state index is 1.02. The van der Waals surface area contributed by atoms with Gasteiger partial charge in [-0.15, -0.1) is 54.6 Å².